The first-order valence-electron chi connectivity index (χ1n) is 10.3. The van der Waals surface area contributed by atoms with Crippen molar-refractivity contribution >= 4 is 5.91 Å². The lowest BCUT2D eigenvalue weighted by atomic mass is 10.0. The Labute approximate surface area is 170 Å². The molecule has 0 spiro atoms. The number of halogens is 1. The monoisotopic (exact) mass is 398 g/mol. The molecule has 1 atom stereocenters. The summed E-state index contributed by atoms with van der Waals surface area (Å²) in [6.45, 7) is 3.31. The first-order valence-corrected chi connectivity index (χ1v) is 10.3. The third-order valence-electron chi connectivity index (χ3n) is 5.67. The Morgan fingerprint density at radius 3 is 2.66 bits per heavy atom. The predicted octanol–water partition coefficient (Wildman–Crippen LogP) is 2.88. The number of hydrogen-bond acceptors (Lipinski definition) is 4. The smallest absolute Gasteiger partial charge is 0.258 e. The number of amides is 1. The average molecular weight is 398 g/mol. The lowest BCUT2D eigenvalue weighted by molar-refractivity contribution is -0.123. The Hall–Kier alpha value is -2.44. The third-order valence-corrected chi connectivity index (χ3v) is 5.67. The normalized spacial score (nSPS) is 17.6. The molecular weight excluding hydrogens is 371 g/mol. The molecule has 6 heteroatoms. The van der Waals surface area contributed by atoms with Crippen LogP contribution in [0.5, 0.6) is 5.75 Å². The zero-order chi connectivity index (χ0) is 20.1. The Balaban J connectivity index is 1.33. The van der Waals surface area contributed by atoms with Gasteiger partial charge in [0.05, 0.1) is 19.3 Å². The van der Waals surface area contributed by atoms with Crippen LogP contribution in [0.4, 0.5) is 4.39 Å². The highest BCUT2D eigenvalue weighted by molar-refractivity contribution is 5.77. The van der Waals surface area contributed by atoms with Crippen LogP contribution in [0, 0.1) is 5.82 Å². The summed E-state index contributed by atoms with van der Waals surface area (Å²) in [5, 5.41) is 2.98. The highest BCUT2D eigenvalue weighted by atomic mass is 19.1. The molecule has 0 bridgehead atoms. The number of benzene rings is 2. The second kappa shape index (κ2) is 9.37. The molecule has 1 fully saturated rings. The van der Waals surface area contributed by atoms with Gasteiger partial charge in [-0.15, -0.1) is 0 Å². The number of rotatable bonds is 7. The van der Waals surface area contributed by atoms with Crippen molar-refractivity contribution in [2.75, 3.05) is 39.5 Å². The maximum absolute atomic E-state index is 13.3. The lowest BCUT2D eigenvalue weighted by Gasteiger charge is -2.35. The van der Waals surface area contributed by atoms with Gasteiger partial charge in [-0.25, -0.2) is 4.39 Å². The maximum Gasteiger partial charge on any atom is 0.258 e. The van der Waals surface area contributed by atoms with Gasteiger partial charge >= 0.3 is 0 Å². The van der Waals surface area contributed by atoms with E-state index in [0.717, 1.165) is 37.2 Å². The molecule has 1 aliphatic carbocycles. The first kappa shape index (κ1) is 19.9. The standard InChI is InChI=1S/C23H27FN2O3/c24-20-7-4-18(5-8-20)22(26-10-12-28-13-11-26)15-25-23(27)16-29-21-9-6-17-2-1-3-19(17)14-21/h4-9,14,22H,1-3,10-13,15-16H2,(H,25,27). The minimum atomic E-state index is -0.263. The summed E-state index contributed by atoms with van der Waals surface area (Å²) in [6.07, 6.45) is 3.39. The van der Waals surface area contributed by atoms with E-state index in [1.807, 2.05) is 12.1 Å². The van der Waals surface area contributed by atoms with Gasteiger partial charge in [0.15, 0.2) is 6.61 Å². The van der Waals surface area contributed by atoms with Crippen LogP contribution in [0.1, 0.15) is 29.2 Å². The van der Waals surface area contributed by atoms with Gasteiger partial charge in [-0.3, -0.25) is 9.69 Å². The highest BCUT2D eigenvalue weighted by Crippen LogP contribution is 2.26. The van der Waals surface area contributed by atoms with Crippen molar-refractivity contribution in [2.45, 2.75) is 25.3 Å². The molecule has 1 unspecified atom stereocenters. The van der Waals surface area contributed by atoms with Crippen LogP contribution < -0.4 is 10.1 Å². The van der Waals surface area contributed by atoms with Crippen LogP contribution in [-0.4, -0.2) is 50.3 Å². The maximum atomic E-state index is 13.3. The molecule has 1 N–H and O–H groups in total. The van der Waals surface area contributed by atoms with Crippen LogP contribution in [0.2, 0.25) is 0 Å². The summed E-state index contributed by atoms with van der Waals surface area (Å²) in [5.74, 6) is 0.316. The molecular formula is C23H27FN2O3. The Morgan fingerprint density at radius 2 is 1.86 bits per heavy atom. The largest absolute Gasteiger partial charge is 0.484 e. The SMILES string of the molecule is O=C(COc1ccc2c(c1)CCC2)NCC(c1ccc(F)cc1)N1CCOCC1. The summed E-state index contributed by atoms with van der Waals surface area (Å²) in [7, 11) is 0. The van der Waals surface area contributed by atoms with Crippen LogP contribution >= 0.6 is 0 Å². The fourth-order valence-corrected chi connectivity index (χ4v) is 4.08. The first-order chi connectivity index (χ1) is 14.2. The molecule has 0 saturated carbocycles. The molecule has 0 aromatic heterocycles. The second-order valence-corrected chi connectivity index (χ2v) is 7.59. The summed E-state index contributed by atoms with van der Waals surface area (Å²) in [5.41, 5.74) is 3.69. The molecule has 1 saturated heterocycles. The van der Waals surface area contributed by atoms with E-state index in [1.54, 1.807) is 12.1 Å². The zero-order valence-electron chi connectivity index (χ0n) is 16.5. The number of aryl methyl sites for hydroxylation is 2. The van der Waals surface area contributed by atoms with Gasteiger partial charge in [-0.1, -0.05) is 18.2 Å². The number of fused-ring (bicyclic) bond motifs is 1. The Kier molecular flexibility index (Phi) is 6.42. The van der Waals surface area contributed by atoms with E-state index in [0.29, 0.717) is 19.8 Å². The highest BCUT2D eigenvalue weighted by Gasteiger charge is 2.23. The summed E-state index contributed by atoms with van der Waals surface area (Å²) in [6, 6.07) is 12.5. The summed E-state index contributed by atoms with van der Waals surface area (Å²) in [4.78, 5) is 14.6. The van der Waals surface area contributed by atoms with E-state index in [-0.39, 0.29) is 24.4 Å². The number of carbonyl (C=O) groups excluding carboxylic acids is 1. The van der Waals surface area contributed by atoms with Crippen molar-refractivity contribution in [2.24, 2.45) is 0 Å². The zero-order valence-corrected chi connectivity index (χ0v) is 16.5. The van der Waals surface area contributed by atoms with E-state index >= 15 is 0 Å². The summed E-state index contributed by atoms with van der Waals surface area (Å²) < 4.78 is 24.5. The molecule has 154 valence electrons. The average Bonchev–Trinajstić information content (AvgIpc) is 3.22. The fraction of sp³-hybridized carbons (Fsp3) is 0.435. The van der Waals surface area contributed by atoms with Crippen molar-refractivity contribution in [1.82, 2.24) is 10.2 Å². The van der Waals surface area contributed by atoms with Crippen LogP contribution in [0.15, 0.2) is 42.5 Å². The van der Waals surface area contributed by atoms with Gasteiger partial charge in [0.1, 0.15) is 11.6 Å². The van der Waals surface area contributed by atoms with Crippen LogP contribution in [0.3, 0.4) is 0 Å². The molecule has 29 heavy (non-hydrogen) atoms. The molecule has 5 nitrogen and oxygen atoms in total. The third kappa shape index (κ3) is 5.14. The van der Waals surface area contributed by atoms with Crippen molar-refractivity contribution in [1.29, 1.82) is 0 Å². The fourth-order valence-electron chi connectivity index (χ4n) is 4.08. The number of nitrogens with zero attached hydrogens (tertiary/aromatic N) is 1. The van der Waals surface area contributed by atoms with Gasteiger partial charge in [-0.05, 0) is 60.2 Å². The topological polar surface area (TPSA) is 50.8 Å². The number of morpholine rings is 1. The van der Waals surface area contributed by atoms with Crippen molar-refractivity contribution in [3.8, 4) is 5.75 Å². The van der Waals surface area contributed by atoms with Gasteiger partial charge in [-0.2, -0.15) is 0 Å². The van der Waals surface area contributed by atoms with Crippen molar-refractivity contribution in [3.05, 3.63) is 65.0 Å². The Morgan fingerprint density at radius 1 is 1.10 bits per heavy atom. The predicted molar refractivity (Wildman–Crippen MR) is 109 cm³/mol. The minimum absolute atomic E-state index is 0.0158. The Bertz CT molecular complexity index is 835. The lowest BCUT2D eigenvalue weighted by Crippen LogP contribution is -2.44. The molecule has 1 aliphatic heterocycles. The molecule has 0 radical (unpaired) electrons. The molecule has 1 amide bonds. The van der Waals surface area contributed by atoms with E-state index in [4.69, 9.17) is 9.47 Å². The van der Waals surface area contributed by atoms with E-state index in [2.05, 4.69) is 16.3 Å². The van der Waals surface area contributed by atoms with E-state index in [9.17, 15) is 9.18 Å². The number of ether oxygens (including phenoxy) is 2. The van der Waals surface area contributed by atoms with Crippen LogP contribution in [-0.2, 0) is 22.4 Å². The number of hydrogen-bond donors (Lipinski definition) is 1. The number of carbonyl (C=O) groups is 1. The van der Waals surface area contributed by atoms with Crippen molar-refractivity contribution in [3.63, 3.8) is 0 Å². The minimum Gasteiger partial charge on any atom is -0.484 e. The van der Waals surface area contributed by atoms with Gasteiger partial charge in [0.2, 0.25) is 0 Å². The molecule has 1 heterocycles. The molecule has 2 aromatic rings. The quantitative estimate of drug-likeness (QED) is 0.779. The molecule has 4 rings (SSSR count). The van der Waals surface area contributed by atoms with Crippen LogP contribution in [0.25, 0.3) is 0 Å². The second-order valence-electron chi connectivity index (χ2n) is 7.59. The van der Waals surface area contributed by atoms with Crippen molar-refractivity contribution < 1.29 is 18.7 Å². The molecule has 2 aliphatic rings. The van der Waals surface area contributed by atoms with E-state index in [1.165, 1.54) is 29.7 Å². The number of nitrogens with one attached hydrogen (secondary N) is 1. The van der Waals surface area contributed by atoms with Gasteiger partial charge < -0.3 is 14.8 Å². The summed E-state index contributed by atoms with van der Waals surface area (Å²) >= 11 is 0. The van der Waals surface area contributed by atoms with Gasteiger partial charge in [0, 0.05) is 19.6 Å². The van der Waals surface area contributed by atoms with E-state index < -0.39 is 0 Å². The van der Waals surface area contributed by atoms with Gasteiger partial charge in [0.25, 0.3) is 5.91 Å². The molecule has 2 aromatic carbocycles.